The van der Waals surface area contributed by atoms with E-state index in [9.17, 15) is 4.79 Å². The molecule has 4 nitrogen and oxygen atoms in total. The van der Waals surface area contributed by atoms with Gasteiger partial charge in [-0.25, -0.2) is 0 Å². The number of halogens is 2. The molecule has 3 rings (SSSR count). The Morgan fingerprint density at radius 3 is 2.77 bits per heavy atom. The number of rotatable bonds is 5. The van der Waals surface area contributed by atoms with E-state index in [4.69, 9.17) is 16.3 Å². The molecule has 1 amide bonds. The summed E-state index contributed by atoms with van der Waals surface area (Å²) in [5, 5.41) is 4.04. The number of amides is 1. The molecule has 26 heavy (non-hydrogen) atoms. The van der Waals surface area contributed by atoms with Crippen molar-refractivity contribution < 1.29 is 9.53 Å². The fourth-order valence-electron chi connectivity index (χ4n) is 3.08. The van der Waals surface area contributed by atoms with Crippen LogP contribution in [0, 0.1) is 0 Å². The summed E-state index contributed by atoms with van der Waals surface area (Å²) in [6, 6.07) is 17.6. The van der Waals surface area contributed by atoms with Gasteiger partial charge in [0.25, 0.3) is 5.91 Å². The molecule has 0 aromatic heterocycles. The molecule has 1 saturated heterocycles. The van der Waals surface area contributed by atoms with Gasteiger partial charge in [0.05, 0.1) is 12.6 Å². The second-order valence-corrected chi connectivity index (χ2v) is 6.68. The van der Waals surface area contributed by atoms with Crippen LogP contribution < -0.4 is 5.32 Å². The lowest BCUT2D eigenvalue weighted by atomic mass is 10.0. The van der Waals surface area contributed by atoms with Crippen molar-refractivity contribution in [2.24, 2.45) is 0 Å². The average Bonchev–Trinajstić information content (AvgIpc) is 2.66. The predicted octanol–water partition coefficient (Wildman–Crippen LogP) is 3.84. The number of piperazine rings is 1. The van der Waals surface area contributed by atoms with Gasteiger partial charge in [-0.1, -0.05) is 54.1 Å². The highest BCUT2D eigenvalue weighted by atomic mass is 35.5. The third-order valence-corrected chi connectivity index (χ3v) is 4.69. The Kier molecular flexibility index (Phi) is 7.91. The van der Waals surface area contributed by atoms with Gasteiger partial charge >= 0.3 is 0 Å². The van der Waals surface area contributed by atoms with Crippen molar-refractivity contribution in [2.75, 3.05) is 19.6 Å². The van der Waals surface area contributed by atoms with Crippen LogP contribution in [0.5, 0.6) is 0 Å². The monoisotopic (exact) mass is 394 g/mol. The quantitative estimate of drug-likeness (QED) is 0.837. The predicted molar refractivity (Wildman–Crippen MR) is 107 cm³/mol. The molecular weight excluding hydrogens is 371 g/mol. The summed E-state index contributed by atoms with van der Waals surface area (Å²) in [5.41, 5.74) is 2.11. The highest BCUT2D eigenvalue weighted by Gasteiger charge is 2.31. The van der Waals surface area contributed by atoms with E-state index >= 15 is 0 Å². The minimum atomic E-state index is -0.486. The van der Waals surface area contributed by atoms with E-state index in [0.29, 0.717) is 18.2 Å². The molecule has 0 radical (unpaired) electrons. The summed E-state index contributed by atoms with van der Waals surface area (Å²) in [6.07, 6.45) is -0.486. The first-order chi connectivity index (χ1) is 12.1. The summed E-state index contributed by atoms with van der Waals surface area (Å²) in [4.78, 5) is 14.8. The Labute approximate surface area is 165 Å². The number of carbonyl (C=O) groups excluding carboxylic acids is 1. The van der Waals surface area contributed by atoms with Crippen LogP contribution in [-0.4, -0.2) is 36.5 Å². The summed E-state index contributed by atoms with van der Waals surface area (Å²) in [7, 11) is 0. The molecule has 1 aliphatic heterocycles. The lowest BCUT2D eigenvalue weighted by Crippen LogP contribution is -2.51. The van der Waals surface area contributed by atoms with Gasteiger partial charge < -0.3 is 15.0 Å². The van der Waals surface area contributed by atoms with Crippen LogP contribution in [0.4, 0.5) is 0 Å². The molecule has 6 heteroatoms. The third kappa shape index (κ3) is 5.21. The largest absolute Gasteiger partial charge is 0.364 e. The summed E-state index contributed by atoms with van der Waals surface area (Å²) in [5.74, 6) is 0.0161. The van der Waals surface area contributed by atoms with Crippen LogP contribution in [-0.2, 0) is 16.1 Å². The van der Waals surface area contributed by atoms with Crippen molar-refractivity contribution in [1.29, 1.82) is 0 Å². The van der Waals surface area contributed by atoms with Crippen LogP contribution in [0.25, 0.3) is 0 Å². The van der Waals surface area contributed by atoms with Crippen molar-refractivity contribution in [2.45, 2.75) is 25.7 Å². The Morgan fingerprint density at radius 2 is 2.04 bits per heavy atom. The topological polar surface area (TPSA) is 41.6 Å². The maximum absolute atomic E-state index is 12.9. The standard InChI is InChI=1S/C20H23ClN2O2.ClH/c1-15(25-14-16-6-3-2-4-7-16)20(24)23-11-10-22-13-19(23)17-8-5-9-18(21)12-17;/h2-9,12,15,19,22H,10-11,13-14H2,1H3;1H. The number of nitrogens with zero attached hydrogens (tertiary/aromatic N) is 1. The molecule has 1 fully saturated rings. The molecule has 0 bridgehead atoms. The molecule has 2 aromatic rings. The van der Waals surface area contributed by atoms with Gasteiger partial charge in [0, 0.05) is 24.7 Å². The molecule has 0 saturated carbocycles. The average molecular weight is 395 g/mol. The van der Waals surface area contributed by atoms with Gasteiger partial charge in [-0.3, -0.25) is 4.79 Å². The number of ether oxygens (including phenoxy) is 1. The van der Waals surface area contributed by atoms with Crippen molar-refractivity contribution in [1.82, 2.24) is 10.2 Å². The zero-order valence-electron chi connectivity index (χ0n) is 14.7. The van der Waals surface area contributed by atoms with Crippen molar-refractivity contribution in [3.63, 3.8) is 0 Å². The van der Waals surface area contributed by atoms with E-state index in [-0.39, 0.29) is 24.4 Å². The molecular formula is C20H24Cl2N2O2. The summed E-state index contributed by atoms with van der Waals surface area (Å²) < 4.78 is 5.81. The van der Waals surface area contributed by atoms with Crippen LogP contribution in [0.15, 0.2) is 54.6 Å². The summed E-state index contributed by atoms with van der Waals surface area (Å²) in [6.45, 7) is 4.42. The van der Waals surface area contributed by atoms with Gasteiger partial charge in [-0.15, -0.1) is 12.4 Å². The molecule has 0 spiro atoms. The highest BCUT2D eigenvalue weighted by Crippen LogP contribution is 2.25. The zero-order valence-corrected chi connectivity index (χ0v) is 16.3. The molecule has 1 heterocycles. The fourth-order valence-corrected chi connectivity index (χ4v) is 3.28. The van der Waals surface area contributed by atoms with Crippen molar-refractivity contribution >= 4 is 29.9 Å². The first-order valence-electron chi connectivity index (χ1n) is 8.57. The number of nitrogens with one attached hydrogen (secondary N) is 1. The molecule has 1 aliphatic rings. The van der Waals surface area contributed by atoms with Crippen LogP contribution in [0.1, 0.15) is 24.1 Å². The first kappa shape index (κ1) is 20.7. The van der Waals surface area contributed by atoms with Crippen molar-refractivity contribution in [3.05, 3.63) is 70.7 Å². The Morgan fingerprint density at radius 1 is 1.27 bits per heavy atom. The van der Waals surface area contributed by atoms with Gasteiger partial charge in [-0.2, -0.15) is 0 Å². The molecule has 140 valence electrons. The Balaban J connectivity index is 0.00000243. The maximum Gasteiger partial charge on any atom is 0.252 e. The second kappa shape index (κ2) is 9.93. The second-order valence-electron chi connectivity index (χ2n) is 6.25. The normalized spacial score (nSPS) is 18.1. The van der Waals surface area contributed by atoms with Gasteiger partial charge in [0.2, 0.25) is 0 Å². The SMILES string of the molecule is CC(OCc1ccccc1)C(=O)N1CCNCC1c1cccc(Cl)c1.Cl. The van der Waals surface area contributed by atoms with Gasteiger partial charge in [0.1, 0.15) is 6.10 Å². The van der Waals surface area contributed by atoms with Crippen LogP contribution >= 0.6 is 24.0 Å². The summed E-state index contributed by atoms with van der Waals surface area (Å²) >= 11 is 6.12. The Hall–Kier alpha value is -1.59. The lowest BCUT2D eigenvalue weighted by Gasteiger charge is -2.38. The van der Waals surface area contributed by atoms with E-state index in [2.05, 4.69) is 5.32 Å². The molecule has 1 N–H and O–H groups in total. The first-order valence-corrected chi connectivity index (χ1v) is 8.95. The zero-order chi connectivity index (χ0) is 17.6. The van der Waals surface area contributed by atoms with Crippen LogP contribution in [0.2, 0.25) is 5.02 Å². The number of carbonyl (C=O) groups is 1. The van der Waals surface area contributed by atoms with Crippen LogP contribution in [0.3, 0.4) is 0 Å². The minimum Gasteiger partial charge on any atom is -0.364 e. The van der Waals surface area contributed by atoms with Crippen molar-refractivity contribution in [3.8, 4) is 0 Å². The Bertz CT molecular complexity index is 712. The highest BCUT2D eigenvalue weighted by molar-refractivity contribution is 6.30. The lowest BCUT2D eigenvalue weighted by molar-refractivity contribution is -0.147. The van der Waals surface area contributed by atoms with E-state index in [1.54, 1.807) is 0 Å². The number of benzene rings is 2. The van der Waals surface area contributed by atoms with E-state index in [1.165, 1.54) is 0 Å². The van der Waals surface area contributed by atoms with Gasteiger partial charge in [0.15, 0.2) is 0 Å². The maximum atomic E-state index is 12.9. The molecule has 2 atom stereocenters. The number of hydrogen-bond donors (Lipinski definition) is 1. The third-order valence-electron chi connectivity index (χ3n) is 4.45. The number of hydrogen-bond acceptors (Lipinski definition) is 3. The molecule has 2 unspecified atom stereocenters. The fraction of sp³-hybridized carbons (Fsp3) is 0.350. The van der Waals surface area contributed by atoms with E-state index in [0.717, 1.165) is 24.2 Å². The van der Waals surface area contributed by atoms with Gasteiger partial charge in [-0.05, 0) is 30.2 Å². The van der Waals surface area contributed by atoms with E-state index in [1.807, 2.05) is 66.4 Å². The molecule has 0 aliphatic carbocycles. The minimum absolute atomic E-state index is 0. The van der Waals surface area contributed by atoms with E-state index < -0.39 is 6.10 Å². The molecule has 2 aromatic carbocycles. The smallest absolute Gasteiger partial charge is 0.252 e.